The Balaban J connectivity index is 2.14. The molecule has 2 nitrogen and oxygen atoms in total. The summed E-state index contributed by atoms with van der Waals surface area (Å²) in [6, 6.07) is 2.49. The molecule has 1 aliphatic carbocycles. The van der Waals surface area contributed by atoms with Crippen molar-refractivity contribution in [2.75, 3.05) is 0 Å². The topological polar surface area (TPSA) is 35.2 Å². The lowest BCUT2D eigenvalue weighted by Crippen LogP contribution is -2.29. The number of nitrogens with two attached hydrogens (primary N) is 1. The number of hydrogen-bond donors (Lipinski definition) is 1. The average molecular weight is 269 g/mol. The Morgan fingerprint density at radius 3 is 2.11 bits per heavy atom. The summed E-state index contributed by atoms with van der Waals surface area (Å²) >= 11 is 0. The molecule has 0 aliphatic heterocycles. The third-order valence-electron chi connectivity index (χ3n) is 3.71. The van der Waals surface area contributed by atoms with E-state index >= 15 is 0 Å². The fourth-order valence-corrected chi connectivity index (χ4v) is 2.98. The smallest absolute Gasteiger partial charge is 0.191 e. The summed E-state index contributed by atoms with van der Waals surface area (Å²) in [5.41, 5.74) is 5.82. The highest BCUT2D eigenvalue weighted by atomic mass is 19.1. The van der Waals surface area contributed by atoms with E-state index in [9.17, 15) is 8.78 Å². The summed E-state index contributed by atoms with van der Waals surface area (Å²) in [4.78, 5) is 0. The van der Waals surface area contributed by atoms with E-state index in [2.05, 4.69) is 13.8 Å². The van der Waals surface area contributed by atoms with Crippen molar-refractivity contribution in [1.82, 2.24) is 0 Å². The lowest BCUT2D eigenvalue weighted by molar-refractivity contribution is 0.0927. The SMILES string of the molecule is CC1CC(C)CC(Oc2c(F)cc(CN)cc2F)C1. The maximum absolute atomic E-state index is 13.8. The van der Waals surface area contributed by atoms with Gasteiger partial charge in [-0.25, -0.2) is 8.78 Å². The van der Waals surface area contributed by atoms with Crippen LogP contribution in [-0.2, 0) is 6.54 Å². The van der Waals surface area contributed by atoms with Crippen LogP contribution in [0, 0.1) is 23.5 Å². The van der Waals surface area contributed by atoms with Gasteiger partial charge in [0.2, 0.25) is 0 Å². The highest BCUT2D eigenvalue weighted by molar-refractivity contribution is 5.31. The minimum absolute atomic E-state index is 0.105. The second kappa shape index (κ2) is 5.87. The van der Waals surface area contributed by atoms with Crippen molar-refractivity contribution in [1.29, 1.82) is 0 Å². The highest BCUT2D eigenvalue weighted by Crippen LogP contribution is 2.33. The number of rotatable bonds is 3. The van der Waals surface area contributed by atoms with Gasteiger partial charge in [-0.2, -0.15) is 0 Å². The fourth-order valence-electron chi connectivity index (χ4n) is 2.98. The van der Waals surface area contributed by atoms with E-state index in [1.165, 1.54) is 12.1 Å². The lowest BCUT2D eigenvalue weighted by atomic mass is 9.82. The first kappa shape index (κ1) is 14.3. The van der Waals surface area contributed by atoms with Crippen LogP contribution in [-0.4, -0.2) is 6.10 Å². The number of hydrogen-bond acceptors (Lipinski definition) is 2. The summed E-state index contributed by atoms with van der Waals surface area (Å²) in [5.74, 6) is -0.521. The zero-order chi connectivity index (χ0) is 14.0. The van der Waals surface area contributed by atoms with Crippen LogP contribution in [0.1, 0.15) is 38.7 Å². The summed E-state index contributed by atoms with van der Waals surface area (Å²) in [7, 11) is 0. The van der Waals surface area contributed by atoms with Gasteiger partial charge < -0.3 is 10.5 Å². The molecule has 1 aromatic rings. The Morgan fingerprint density at radius 2 is 1.63 bits per heavy atom. The van der Waals surface area contributed by atoms with Gasteiger partial charge in [0.1, 0.15) is 0 Å². The van der Waals surface area contributed by atoms with Crippen molar-refractivity contribution in [3.8, 4) is 5.75 Å². The van der Waals surface area contributed by atoms with Crippen LogP contribution in [0.5, 0.6) is 5.75 Å². The second-order valence-electron chi connectivity index (χ2n) is 5.75. The molecule has 1 saturated carbocycles. The van der Waals surface area contributed by atoms with Crippen LogP contribution < -0.4 is 10.5 Å². The predicted octanol–water partition coefficient (Wildman–Crippen LogP) is 3.63. The molecule has 0 spiro atoms. The molecule has 0 bridgehead atoms. The van der Waals surface area contributed by atoms with Gasteiger partial charge in [0, 0.05) is 6.54 Å². The monoisotopic (exact) mass is 269 g/mol. The van der Waals surface area contributed by atoms with Crippen molar-refractivity contribution < 1.29 is 13.5 Å². The van der Waals surface area contributed by atoms with E-state index in [0.29, 0.717) is 17.4 Å². The van der Waals surface area contributed by atoms with Crippen molar-refractivity contribution >= 4 is 0 Å². The van der Waals surface area contributed by atoms with E-state index in [1.54, 1.807) is 0 Å². The van der Waals surface area contributed by atoms with Crippen LogP contribution in [0.4, 0.5) is 8.78 Å². The normalized spacial score (nSPS) is 27.3. The molecule has 2 unspecified atom stereocenters. The van der Waals surface area contributed by atoms with Crippen LogP contribution in [0.25, 0.3) is 0 Å². The van der Waals surface area contributed by atoms with Gasteiger partial charge in [0.25, 0.3) is 0 Å². The molecule has 0 saturated heterocycles. The molecular formula is C15H21F2NO. The molecule has 4 heteroatoms. The first-order valence-electron chi connectivity index (χ1n) is 6.84. The molecule has 0 aromatic heterocycles. The quantitative estimate of drug-likeness (QED) is 0.909. The van der Waals surface area contributed by atoms with E-state index in [-0.39, 0.29) is 18.4 Å². The molecule has 106 valence electrons. The number of benzene rings is 1. The second-order valence-corrected chi connectivity index (χ2v) is 5.75. The molecule has 2 atom stereocenters. The molecule has 0 heterocycles. The molecule has 0 amide bonds. The fraction of sp³-hybridized carbons (Fsp3) is 0.600. The molecule has 2 rings (SSSR count). The highest BCUT2D eigenvalue weighted by Gasteiger charge is 2.27. The van der Waals surface area contributed by atoms with Crippen LogP contribution >= 0.6 is 0 Å². The first-order valence-corrected chi connectivity index (χ1v) is 6.84. The largest absolute Gasteiger partial charge is 0.484 e. The number of ether oxygens (including phenoxy) is 1. The summed E-state index contributed by atoms with van der Waals surface area (Å²) in [5, 5.41) is 0. The summed E-state index contributed by atoms with van der Waals surface area (Å²) < 4.78 is 33.2. The van der Waals surface area contributed by atoms with Gasteiger partial charge in [0.05, 0.1) is 6.10 Å². The summed E-state index contributed by atoms with van der Waals surface area (Å²) in [6.45, 7) is 4.41. The molecule has 2 N–H and O–H groups in total. The van der Waals surface area contributed by atoms with Gasteiger partial charge in [-0.15, -0.1) is 0 Å². The maximum Gasteiger partial charge on any atom is 0.191 e. The Kier molecular flexibility index (Phi) is 4.40. The Labute approximate surface area is 112 Å². The van der Waals surface area contributed by atoms with E-state index < -0.39 is 11.6 Å². The Bertz CT molecular complexity index is 417. The first-order chi connectivity index (χ1) is 8.99. The van der Waals surface area contributed by atoms with Gasteiger partial charge in [-0.05, 0) is 48.8 Å². The van der Waals surface area contributed by atoms with Crippen LogP contribution in [0.3, 0.4) is 0 Å². The van der Waals surface area contributed by atoms with Gasteiger partial charge >= 0.3 is 0 Å². The zero-order valence-electron chi connectivity index (χ0n) is 11.5. The predicted molar refractivity (Wildman–Crippen MR) is 70.8 cm³/mol. The number of halogens is 2. The van der Waals surface area contributed by atoms with Crippen molar-refractivity contribution in [3.63, 3.8) is 0 Å². The Hall–Kier alpha value is -1.16. The lowest BCUT2D eigenvalue weighted by Gasteiger charge is -2.31. The standard InChI is InChI=1S/C15H21F2NO/c1-9-3-10(2)5-12(4-9)19-15-13(16)6-11(8-18)7-14(15)17/h6-7,9-10,12H,3-5,8,18H2,1-2H3. The van der Waals surface area contributed by atoms with E-state index in [0.717, 1.165) is 19.3 Å². The average Bonchev–Trinajstić information content (AvgIpc) is 2.32. The minimum Gasteiger partial charge on any atom is -0.484 e. The van der Waals surface area contributed by atoms with Gasteiger partial charge in [-0.1, -0.05) is 13.8 Å². The molecule has 1 fully saturated rings. The maximum atomic E-state index is 13.8. The molecule has 1 aliphatic rings. The molecule has 1 aromatic carbocycles. The molecule has 0 radical (unpaired) electrons. The summed E-state index contributed by atoms with van der Waals surface area (Å²) in [6.07, 6.45) is 2.74. The molecular weight excluding hydrogens is 248 g/mol. The van der Waals surface area contributed by atoms with E-state index in [4.69, 9.17) is 10.5 Å². The van der Waals surface area contributed by atoms with Crippen molar-refractivity contribution in [2.45, 2.75) is 45.8 Å². The Morgan fingerprint density at radius 1 is 1.11 bits per heavy atom. The van der Waals surface area contributed by atoms with Crippen LogP contribution in [0.15, 0.2) is 12.1 Å². The van der Waals surface area contributed by atoms with Crippen LogP contribution in [0.2, 0.25) is 0 Å². The van der Waals surface area contributed by atoms with Crippen molar-refractivity contribution in [3.05, 3.63) is 29.3 Å². The zero-order valence-corrected chi connectivity index (χ0v) is 11.5. The minimum atomic E-state index is -0.661. The molecule has 19 heavy (non-hydrogen) atoms. The third kappa shape index (κ3) is 3.44. The van der Waals surface area contributed by atoms with Gasteiger partial charge in [0.15, 0.2) is 17.4 Å². The van der Waals surface area contributed by atoms with E-state index in [1.807, 2.05) is 0 Å². The third-order valence-corrected chi connectivity index (χ3v) is 3.71. The van der Waals surface area contributed by atoms with Gasteiger partial charge in [-0.3, -0.25) is 0 Å². The van der Waals surface area contributed by atoms with Crippen molar-refractivity contribution in [2.24, 2.45) is 17.6 Å².